The molecule has 2 rings (SSSR count). The second kappa shape index (κ2) is 104. The number of azide groups is 1. The van der Waals surface area contributed by atoms with Crippen LogP contribution in [-0.4, -0.2) is 123 Å². The number of amides is 4. The van der Waals surface area contributed by atoms with Crippen LogP contribution in [0.1, 0.15) is 556 Å². The lowest BCUT2D eigenvalue weighted by Crippen LogP contribution is -2.42. The zero-order valence-electron chi connectivity index (χ0n) is 97.4. The number of carboxylic acid groups (broad SMARTS) is 3. The van der Waals surface area contributed by atoms with Crippen molar-refractivity contribution in [1.29, 1.82) is 0 Å². The van der Waals surface area contributed by atoms with Gasteiger partial charge in [-0.3, -0.25) is 24.0 Å². The van der Waals surface area contributed by atoms with Gasteiger partial charge < -0.3 is 41.4 Å². The van der Waals surface area contributed by atoms with Gasteiger partial charge in [-0.05, 0) is 232 Å². The Bertz CT molecular complexity index is 2730. The van der Waals surface area contributed by atoms with Gasteiger partial charge in [0.05, 0.1) is 18.0 Å². The fourth-order valence-corrected chi connectivity index (χ4v) is 17.7. The summed E-state index contributed by atoms with van der Waals surface area (Å²) in [6.45, 7) is 74.0. The molecule has 0 aliphatic carbocycles. The van der Waals surface area contributed by atoms with Gasteiger partial charge in [-0.25, -0.2) is 19.4 Å². The highest BCUT2D eigenvalue weighted by Gasteiger charge is 2.43. The highest BCUT2D eigenvalue weighted by Crippen LogP contribution is 2.31. The average Bonchev–Trinajstić information content (AvgIpc) is 1.68. The quantitative estimate of drug-likeness (QED) is 0.0143. The van der Waals surface area contributed by atoms with Gasteiger partial charge in [-0.2, -0.15) is 0 Å². The van der Waals surface area contributed by atoms with E-state index < -0.39 is 30.1 Å². The summed E-state index contributed by atoms with van der Waals surface area (Å²) in [5.74, 6) is 7.73. The molecule has 0 saturated carbocycles. The first-order valence-corrected chi connectivity index (χ1v) is 57.8. The number of carboxylic acids is 3. The molecule has 0 spiro atoms. The van der Waals surface area contributed by atoms with Crippen LogP contribution in [0.5, 0.6) is 0 Å². The summed E-state index contributed by atoms with van der Waals surface area (Å²) in [5, 5.41) is 38.5. The lowest BCUT2D eigenvalue weighted by atomic mass is 9.89. The Kier molecular flexibility index (Phi) is 112. The monoisotopic (exact) mass is 1960 g/mol. The maximum atomic E-state index is 12.6. The van der Waals surface area contributed by atoms with Crippen LogP contribution >= 0.6 is 0 Å². The molecular formula is C118H239N7O13. The molecule has 2 heterocycles. The molecule has 0 unspecified atom stereocenters. The summed E-state index contributed by atoms with van der Waals surface area (Å²) in [6, 6.07) is -0.300. The van der Waals surface area contributed by atoms with E-state index in [9.17, 15) is 33.6 Å². The van der Waals surface area contributed by atoms with Crippen LogP contribution in [0.25, 0.3) is 10.4 Å². The first-order valence-electron chi connectivity index (χ1n) is 57.8. The predicted octanol–water partition coefficient (Wildman–Crippen LogP) is 35.7. The molecule has 0 aromatic heterocycles. The fourth-order valence-electron chi connectivity index (χ4n) is 17.7. The molecule has 20 atom stereocenters. The number of hydrogen-bond acceptors (Lipinski definition) is 13. The number of allylic oxidation sites excluding steroid dienone is 2. The van der Waals surface area contributed by atoms with Crippen molar-refractivity contribution in [3.63, 3.8) is 0 Å². The first kappa shape index (κ1) is 149. The van der Waals surface area contributed by atoms with Crippen LogP contribution in [0.15, 0.2) is 16.8 Å². The van der Waals surface area contributed by atoms with Gasteiger partial charge in [-0.1, -0.05) is 428 Å². The van der Waals surface area contributed by atoms with Crippen molar-refractivity contribution in [1.82, 2.24) is 9.80 Å². The average molecular weight is 1960 g/mol. The van der Waals surface area contributed by atoms with E-state index in [4.69, 9.17) is 46.9 Å². The third-order valence-electron chi connectivity index (χ3n) is 28.5. The predicted molar refractivity (Wildman–Crippen MR) is 594 cm³/mol. The van der Waals surface area contributed by atoms with Gasteiger partial charge >= 0.3 is 30.1 Å². The minimum Gasteiger partial charge on any atom is -0.481 e. The minimum atomic E-state index is -0.733. The minimum absolute atomic E-state index is 0.0577. The molecule has 4 amide bonds. The normalized spacial score (nSPS) is 17.5. The van der Waals surface area contributed by atoms with E-state index >= 15 is 0 Å². The number of nitrogens with zero attached hydrogens (tertiary/aromatic N) is 5. The maximum Gasteiger partial charge on any atom is 0.417 e. The van der Waals surface area contributed by atoms with Gasteiger partial charge in [0.15, 0.2) is 0 Å². The number of unbranched alkanes of at least 4 members (excludes halogenated alkanes) is 10. The van der Waals surface area contributed by atoms with Crippen molar-refractivity contribution in [2.45, 2.75) is 580 Å². The molecular weight excluding hydrogens is 1720 g/mol. The number of aliphatic carboxylic acids is 3. The Balaban J connectivity index is -0.000000228. The van der Waals surface area contributed by atoms with Crippen LogP contribution < -0.4 is 11.5 Å². The first-order chi connectivity index (χ1) is 65.4. The Morgan fingerprint density at radius 2 is 0.667 bits per heavy atom. The van der Waals surface area contributed by atoms with E-state index in [2.05, 4.69) is 203 Å². The fraction of sp³-hybridized carbons (Fsp3) is 0.924. The molecule has 0 radical (unpaired) electrons. The topological polar surface area (TPSA) is 326 Å². The summed E-state index contributed by atoms with van der Waals surface area (Å²) < 4.78 is 10.2. The number of aliphatic hydroxyl groups is 1. The van der Waals surface area contributed by atoms with Crippen LogP contribution in [0.2, 0.25) is 0 Å². The molecule has 20 heteroatoms. The van der Waals surface area contributed by atoms with E-state index in [0.29, 0.717) is 74.0 Å². The summed E-state index contributed by atoms with van der Waals surface area (Å²) >= 11 is 0. The lowest BCUT2D eigenvalue weighted by Gasteiger charge is -2.25. The van der Waals surface area contributed by atoms with Gasteiger partial charge in [0, 0.05) is 43.2 Å². The summed E-state index contributed by atoms with van der Waals surface area (Å²) in [7, 11) is 0. The Morgan fingerprint density at radius 1 is 0.377 bits per heavy atom. The number of nitrogens with two attached hydrogens (primary N) is 2. The van der Waals surface area contributed by atoms with Crippen molar-refractivity contribution in [2.24, 2.45) is 117 Å². The Labute approximate surface area is 856 Å². The van der Waals surface area contributed by atoms with Gasteiger partial charge in [-0.15, -0.1) is 0 Å². The number of imide groups is 2. The Morgan fingerprint density at radius 3 is 0.942 bits per heavy atom. The molecule has 2 fully saturated rings. The third kappa shape index (κ3) is 92.4. The van der Waals surface area contributed by atoms with Crippen molar-refractivity contribution in [2.75, 3.05) is 26.2 Å². The third-order valence-corrected chi connectivity index (χ3v) is 28.5. The molecule has 0 aromatic carbocycles. The van der Waals surface area contributed by atoms with Gasteiger partial charge in [0.25, 0.3) is 0 Å². The van der Waals surface area contributed by atoms with Gasteiger partial charge in [0.2, 0.25) is 11.8 Å². The van der Waals surface area contributed by atoms with Crippen molar-refractivity contribution in [3.05, 3.63) is 22.1 Å². The van der Waals surface area contributed by atoms with Crippen molar-refractivity contribution < 1.29 is 63.5 Å². The highest BCUT2D eigenvalue weighted by molar-refractivity contribution is 5.95. The summed E-state index contributed by atoms with van der Waals surface area (Å²) in [6.07, 6.45) is 60.0. The number of aliphatic hydroxyl groups excluding tert-OH is 1. The van der Waals surface area contributed by atoms with E-state index in [-0.39, 0.29) is 60.3 Å². The van der Waals surface area contributed by atoms with Crippen molar-refractivity contribution in [3.8, 4) is 0 Å². The number of hydrogen-bond donors (Lipinski definition) is 6. The molecule has 8 N–H and O–H groups in total. The maximum absolute atomic E-state index is 12.6. The molecule has 20 nitrogen and oxygen atoms in total. The number of ether oxygens (including phenoxy) is 2. The number of carbonyl (C=O) groups excluding carboxylic acids is 4. The number of carbonyl (C=O) groups is 7. The van der Waals surface area contributed by atoms with Crippen LogP contribution in [0.3, 0.4) is 0 Å². The van der Waals surface area contributed by atoms with Crippen LogP contribution in [-0.2, 0) is 33.4 Å². The number of cyclic esters (lactones) is 2. The highest BCUT2D eigenvalue weighted by atomic mass is 16.6. The van der Waals surface area contributed by atoms with Crippen molar-refractivity contribution >= 4 is 41.9 Å². The number of rotatable bonds is 69. The molecule has 824 valence electrons. The zero-order valence-corrected chi connectivity index (χ0v) is 97.4. The van der Waals surface area contributed by atoms with E-state index in [0.717, 1.165) is 119 Å². The second-order valence-corrected chi connectivity index (χ2v) is 43.2. The molecule has 2 saturated heterocycles. The van der Waals surface area contributed by atoms with E-state index in [1.54, 1.807) is 0 Å². The second-order valence-electron chi connectivity index (χ2n) is 43.2. The molecule has 2 aliphatic heterocycles. The molecule has 138 heavy (non-hydrogen) atoms. The largest absolute Gasteiger partial charge is 0.481 e. The van der Waals surface area contributed by atoms with Crippen LogP contribution in [0.4, 0.5) is 9.59 Å². The Hall–Kier alpha value is -4.78. The van der Waals surface area contributed by atoms with E-state index in [1.165, 1.54) is 253 Å². The molecule has 0 aromatic rings. The smallest absolute Gasteiger partial charge is 0.417 e. The molecule has 2 aliphatic rings. The summed E-state index contributed by atoms with van der Waals surface area (Å²) in [4.78, 5) is 84.8. The van der Waals surface area contributed by atoms with Crippen LogP contribution in [0, 0.1) is 101 Å². The van der Waals surface area contributed by atoms with Gasteiger partial charge in [0.1, 0.15) is 12.2 Å². The standard InChI is InChI=1S/C16H29NO3.C14H25NO3.C12H24.C12H26.C11H23N3.C11H23NO2.C11H25N.C11H22O2.C11H24O.C9H18O2/c1-6-8-9-11(3)10-14(7-2)15(18)17-12(4)13(5)20-16(17)19;1-5-6-7-10(2)8-9-13(16)15-11(3)12(4)18-14(15)17;1-5-6-9-12(4)10-7-8-11(2)3;1-5-8-9-11(4)10-12(6-2)7-3;1-4-6-7-10(3)8-11(5-2)9-13-14-12;1-3-4-5-9(2)6-10(8-12)7-11(13)14;1-4-6-7-10(3)8-11(5-2)9-12;1-4-6-7-9(3)8-10(5-2)11(12)13;1-4-6-7-10(3)8-11(5-2)9-12;1-3-4-5-8(2)6-7-9(10)11/h11-14H,6-10H2,1-5H3;10-12H,5-9H2,1-4H3;8,12H,5-7,9-10H2,1-4H3;11-12H,5-10H2,1-4H3;10-11H,4-9H2,1-3H3;9-10H,3-8,12H2,1-2H3,(H,13,14);10-11H,4-9,12H2,1-3H3;9-10H,4-8H2,1-3H3,(H,12,13);10-12H,4-9H2,1-3H3;8H,3-7H2,1-2H3,(H,10,11)/t11-,12+,13-,14+;10-,11+,12-;12-;11-;10-,11+;9-,10-;10-,11+;9-,10+;10-,11+;8-/m0000000000/s1. The van der Waals surface area contributed by atoms with E-state index in [1.807, 2.05) is 41.5 Å². The molecule has 0 bridgehead atoms. The summed E-state index contributed by atoms with van der Waals surface area (Å²) in [5.41, 5.74) is 20.9. The lowest BCUT2D eigenvalue weighted by molar-refractivity contribution is -0.142. The SMILES string of the molecule is CCCC[C@H](C)CC(CC)CC.CCCC[C@H](C)CCC(=O)N1C(=O)O[C@@H](C)[C@H]1C.CCCC[C@H](C)CCC(=O)O.CCCC[C@H](C)CCC=C(C)C.CCCC[C@H](C)C[C@@H](CC)C(=O)N1C(=O)O[C@@H](C)[C@H]1C.CCCC[C@H](C)C[C@@H](CC)C(=O)O.CCCC[C@H](C)C[C@@H](CC)CN.CCCC[C@H](C)C[C@@H](CC)CN=[N+]=[N-].CCCC[C@H](C)C[C@@H](CC)CO.CCCC[C@H](C)C[C@H](CN)CC(=O)O. The zero-order chi connectivity index (χ0) is 107.